The van der Waals surface area contributed by atoms with E-state index in [1.807, 2.05) is 0 Å². The van der Waals surface area contributed by atoms with Crippen LogP contribution in [-0.2, 0) is 27.3 Å². The van der Waals surface area contributed by atoms with Gasteiger partial charge in [-0.05, 0) is 48.6 Å². The molecule has 2 N–H and O–H groups in total. The molecule has 0 saturated carbocycles. The van der Waals surface area contributed by atoms with E-state index in [9.17, 15) is 9.90 Å². The molecule has 2 heterocycles. The van der Waals surface area contributed by atoms with Gasteiger partial charge in [-0.2, -0.15) is 0 Å². The van der Waals surface area contributed by atoms with Crippen LogP contribution in [0.4, 0.5) is 5.69 Å². The lowest BCUT2D eigenvalue weighted by Crippen LogP contribution is -2.40. The summed E-state index contributed by atoms with van der Waals surface area (Å²) in [5, 5.41) is 16.1. The smallest absolute Gasteiger partial charge is 0.307 e. The first-order valence-corrected chi connectivity index (χ1v) is 11.1. The Morgan fingerprint density at radius 1 is 1.03 bits per heavy atom. The van der Waals surface area contributed by atoms with Crippen LogP contribution in [0.25, 0.3) is 0 Å². The number of fused-ring (bicyclic) bond motifs is 2. The van der Waals surface area contributed by atoms with E-state index in [1.165, 1.54) is 22.4 Å². The molecule has 172 valence electrons. The van der Waals surface area contributed by atoms with Gasteiger partial charge in [0.05, 0.1) is 19.1 Å². The largest absolute Gasteiger partial charge is 0.483 e. The highest BCUT2D eigenvalue weighted by molar-refractivity contribution is 5.70. The number of likely N-dealkylation sites (tertiary alicyclic amines) is 1. The maximum atomic E-state index is 11.2. The van der Waals surface area contributed by atoms with Gasteiger partial charge in [-0.3, -0.25) is 9.59 Å². The Morgan fingerprint density at radius 3 is 2.44 bits per heavy atom. The zero-order valence-corrected chi connectivity index (χ0v) is 18.4. The van der Waals surface area contributed by atoms with Crippen LogP contribution in [-0.4, -0.2) is 66.9 Å². The molecule has 0 spiro atoms. The molecule has 2 aromatic rings. The van der Waals surface area contributed by atoms with Crippen LogP contribution in [0.15, 0.2) is 48.5 Å². The first-order chi connectivity index (χ1) is 15.6. The van der Waals surface area contributed by atoms with E-state index < -0.39 is 5.97 Å². The van der Waals surface area contributed by atoms with Crippen molar-refractivity contribution in [3.8, 4) is 0 Å². The number of aliphatic carboxylic acids is 1. The number of piperidine rings is 1. The summed E-state index contributed by atoms with van der Waals surface area (Å²) in [6.07, 6.45) is 2.73. The Hall–Kier alpha value is -2.90. The number of benzene rings is 2. The highest BCUT2D eigenvalue weighted by atomic mass is 16.5. The third kappa shape index (κ3) is 6.55. The second kappa shape index (κ2) is 12.2. The summed E-state index contributed by atoms with van der Waals surface area (Å²) in [4.78, 5) is 24.2. The van der Waals surface area contributed by atoms with Gasteiger partial charge < -0.3 is 24.7 Å². The van der Waals surface area contributed by atoms with Crippen LogP contribution in [0.2, 0.25) is 0 Å². The third-order valence-corrected chi connectivity index (χ3v) is 6.10. The molecule has 0 amide bonds. The van der Waals surface area contributed by atoms with E-state index in [0.29, 0.717) is 19.8 Å². The van der Waals surface area contributed by atoms with Crippen LogP contribution in [0.5, 0.6) is 0 Å². The van der Waals surface area contributed by atoms with Crippen LogP contribution in [0.3, 0.4) is 0 Å². The van der Waals surface area contributed by atoms with Crippen molar-refractivity contribution in [3.63, 3.8) is 0 Å². The van der Waals surface area contributed by atoms with Crippen molar-refractivity contribution in [1.82, 2.24) is 4.90 Å². The lowest BCUT2D eigenvalue weighted by atomic mass is 9.98. The fraction of sp³-hybridized carbons (Fsp3) is 0.440. The van der Waals surface area contributed by atoms with Crippen LogP contribution >= 0.6 is 0 Å². The molecule has 2 aliphatic heterocycles. The maximum Gasteiger partial charge on any atom is 0.307 e. The number of anilines is 1. The van der Waals surface area contributed by atoms with Crippen molar-refractivity contribution in [2.24, 2.45) is 5.92 Å². The van der Waals surface area contributed by atoms with Gasteiger partial charge in [0.15, 0.2) is 0 Å². The Bertz CT molecular complexity index is 888. The van der Waals surface area contributed by atoms with Gasteiger partial charge in [-0.25, -0.2) is 0 Å². The molecule has 7 heteroatoms. The molecule has 0 unspecified atom stereocenters. The molecule has 1 atom stereocenters. The van der Waals surface area contributed by atoms with Gasteiger partial charge in [0.1, 0.15) is 0 Å². The standard InChI is InChI=1S/C24H30N2O3.CH2O2/c27-24(28)22-9-5-11-25(17-22)12-14-29-15-13-26-18-21-8-2-1-6-19(21)16-20-7-3-4-10-23(20)26;2-1-3/h1-4,6-8,10,22H,5,9,11-18H2,(H,27,28);1H,(H,2,3)/t22-;/m1./s1. The first-order valence-electron chi connectivity index (χ1n) is 11.1. The van der Waals surface area contributed by atoms with Crippen molar-refractivity contribution in [2.45, 2.75) is 25.8 Å². The van der Waals surface area contributed by atoms with Crippen molar-refractivity contribution in [3.05, 3.63) is 65.2 Å². The van der Waals surface area contributed by atoms with Gasteiger partial charge in [0.2, 0.25) is 0 Å². The predicted octanol–water partition coefficient (Wildman–Crippen LogP) is 3.11. The molecule has 0 radical (unpaired) electrons. The lowest BCUT2D eigenvalue weighted by Gasteiger charge is -2.30. The molecule has 2 aromatic carbocycles. The van der Waals surface area contributed by atoms with E-state index in [4.69, 9.17) is 14.6 Å². The number of rotatable bonds is 7. The van der Waals surface area contributed by atoms with Crippen LogP contribution in [0, 0.1) is 5.92 Å². The molecule has 0 bridgehead atoms. The lowest BCUT2D eigenvalue weighted by molar-refractivity contribution is -0.143. The number of carbonyl (C=O) groups is 2. The SMILES string of the molecule is O=C(O)[C@@H]1CCCN(CCOCCN2Cc3ccccc3Cc3ccccc32)C1.O=CO. The molecule has 7 nitrogen and oxygen atoms in total. The van der Waals surface area contributed by atoms with E-state index >= 15 is 0 Å². The van der Waals surface area contributed by atoms with Gasteiger partial charge in [0, 0.05) is 31.9 Å². The van der Waals surface area contributed by atoms with Crippen molar-refractivity contribution in [1.29, 1.82) is 0 Å². The first kappa shape index (κ1) is 23.8. The predicted molar refractivity (Wildman–Crippen MR) is 123 cm³/mol. The Balaban J connectivity index is 0.000000913. The molecule has 4 rings (SSSR count). The van der Waals surface area contributed by atoms with Gasteiger partial charge in [0.25, 0.3) is 6.47 Å². The highest BCUT2D eigenvalue weighted by Crippen LogP contribution is 2.30. The van der Waals surface area contributed by atoms with E-state index in [1.54, 1.807) is 0 Å². The number of carboxylic acid groups (broad SMARTS) is 2. The second-order valence-corrected chi connectivity index (χ2v) is 8.19. The molecule has 0 aromatic heterocycles. The summed E-state index contributed by atoms with van der Waals surface area (Å²) < 4.78 is 5.95. The van der Waals surface area contributed by atoms with Crippen molar-refractivity contribution in [2.75, 3.05) is 44.3 Å². The minimum Gasteiger partial charge on any atom is -0.483 e. The van der Waals surface area contributed by atoms with E-state index in [0.717, 1.165) is 45.4 Å². The van der Waals surface area contributed by atoms with Crippen molar-refractivity contribution >= 4 is 18.1 Å². The second-order valence-electron chi connectivity index (χ2n) is 8.19. The fourth-order valence-corrected chi connectivity index (χ4v) is 4.48. The molecule has 1 saturated heterocycles. The molecule has 0 aliphatic carbocycles. The summed E-state index contributed by atoms with van der Waals surface area (Å²) in [5.74, 6) is -0.895. The van der Waals surface area contributed by atoms with Crippen molar-refractivity contribution < 1.29 is 24.5 Å². The monoisotopic (exact) mass is 440 g/mol. The van der Waals surface area contributed by atoms with Gasteiger partial charge >= 0.3 is 5.97 Å². The van der Waals surface area contributed by atoms with Gasteiger partial charge in [-0.1, -0.05) is 42.5 Å². The summed E-state index contributed by atoms with van der Waals surface area (Å²) >= 11 is 0. The maximum absolute atomic E-state index is 11.2. The molecule has 2 aliphatic rings. The number of ether oxygens (including phenoxy) is 1. The van der Waals surface area contributed by atoms with Gasteiger partial charge in [-0.15, -0.1) is 0 Å². The number of carboxylic acids is 1. The molecular formula is C25H32N2O5. The molecule has 32 heavy (non-hydrogen) atoms. The highest BCUT2D eigenvalue weighted by Gasteiger charge is 2.25. The minimum absolute atomic E-state index is 0.225. The third-order valence-electron chi connectivity index (χ3n) is 6.10. The minimum atomic E-state index is -0.671. The van der Waals surface area contributed by atoms with E-state index in [2.05, 4.69) is 58.3 Å². The average molecular weight is 441 g/mol. The zero-order chi connectivity index (χ0) is 22.8. The summed E-state index contributed by atoms with van der Waals surface area (Å²) in [6.45, 7) is 5.26. The number of hydrogen-bond acceptors (Lipinski definition) is 5. The zero-order valence-electron chi connectivity index (χ0n) is 18.4. The molecular weight excluding hydrogens is 408 g/mol. The average Bonchev–Trinajstić information content (AvgIpc) is 2.96. The summed E-state index contributed by atoms with van der Waals surface area (Å²) in [7, 11) is 0. The Kier molecular flexibility index (Phi) is 9.07. The van der Waals surface area contributed by atoms with Crippen LogP contribution < -0.4 is 4.90 Å². The topological polar surface area (TPSA) is 90.3 Å². The molecule has 1 fully saturated rings. The Labute approximate surface area is 189 Å². The fourth-order valence-electron chi connectivity index (χ4n) is 4.48. The summed E-state index contributed by atoms with van der Waals surface area (Å²) in [6, 6.07) is 17.4. The van der Waals surface area contributed by atoms with Crippen LogP contribution in [0.1, 0.15) is 29.5 Å². The summed E-state index contributed by atoms with van der Waals surface area (Å²) in [5.41, 5.74) is 5.45. The number of para-hydroxylation sites is 1. The normalized spacial score (nSPS) is 17.9. The quantitative estimate of drug-likeness (QED) is 0.505. The number of nitrogens with zero attached hydrogens (tertiary/aromatic N) is 2. The van der Waals surface area contributed by atoms with E-state index in [-0.39, 0.29) is 12.4 Å². The number of hydrogen-bond donors (Lipinski definition) is 2. The Morgan fingerprint density at radius 2 is 1.69 bits per heavy atom.